The minimum absolute atomic E-state index is 0.0965. The lowest BCUT2D eigenvalue weighted by molar-refractivity contribution is -0.136. The monoisotopic (exact) mass is 481 g/mol. The van der Waals surface area contributed by atoms with Crippen molar-refractivity contribution in [1.29, 1.82) is 0 Å². The molecule has 1 heterocycles. The molecule has 1 aliphatic heterocycles. The van der Waals surface area contributed by atoms with Crippen LogP contribution in [0, 0.1) is 5.82 Å². The maximum atomic E-state index is 13.6. The number of carbonyl (C=O) groups is 2. The Bertz CT molecular complexity index is 1210. The Labute approximate surface area is 203 Å². The van der Waals surface area contributed by atoms with Crippen LogP contribution in [-0.4, -0.2) is 40.2 Å². The predicted octanol–water partition coefficient (Wildman–Crippen LogP) is 4.39. The molecule has 2 aromatic carbocycles. The quantitative estimate of drug-likeness (QED) is 0.613. The second-order valence-electron chi connectivity index (χ2n) is 8.52. The fraction of sp³-hybridized carbons (Fsp3) is 0.333. The summed E-state index contributed by atoms with van der Waals surface area (Å²) >= 11 is 0. The van der Waals surface area contributed by atoms with Crippen molar-refractivity contribution >= 4 is 11.8 Å². The van der Waals surface area contributed by atoms with Crippen molar-refractivity contribution < 1.29 is 32.9 Å². The first-order valence-electron chi connectivity index (χ1n) is 11.2. The van der Waals surface area contributed by atoms with E-state index < -0.39 is 11.9 Å². The van der Waals surface area contributed by atoms with Crippen LogP contribution in [0.1, 0.15) is 42.7 Å². The summed E-state index contributed by atoms with van der Waals surface area (Å²) in [5, 5.41) is 3.28. The van der Waals surface area contributed by atoms with Gasteiger partial charge in [-0.2, -0.15) is 0 Å². The van der Waals surface area contributed by atoms with Gasteiger partial charge < -0.3 is 24.3 Å². The van der Waals surface area contributed by atoms with Gasteiger partial charge in [-0.05, 0) is 54.7 Å². The number of allylic oxidation sites excluding steroid dienone is 3. The molecule has 0 unspecified atom stereocenters. The Balaban J connectivity index is 1.87. The Kier molecular flexibility index (Phi) is 6.82. The number of ketones is 1. The number of halogens is 1. The molecule has 0 fully saturated rings. The lowest BCUT2D eigenvalue weighted by atomic mass is 9.71. The maximum absolute atomic E-state index is 13.6. The number of esters is 1. The van der Waals surface area contributed by atoms with Crippen molar-refractivity contribution in [3.63, 3.8) is 0 Å². The molecule has 8 heteroatoms. The molecule has 2 aliphatic rings. The van der Waals surface area contributed by atoms with Crippen LogP contribution in [0.4, 0.5) is 4.39 Å². The van der Waals surface area contributed by atoms with Gasteiger partial charge in [0.1, 0.15) is 5.82 Å². The summed E-state index contributed by atoms with van der Waals surface area (Å²) in [6, 6.07) is 9.71. The van der Waals surface area contributed by atoms with Crippen LogP contribution in [0.5, 0.6) is 17.2 Å². The van der Waals surface area contributed by atoms with Crippen LogP contribution in [-0.2, 0) is 14.3 Å². The van der Waals surface area contributed by atoms with E-state index >= 15 is 0 Å². The SMILES string of the molecule is COC(=O)C1=C(C)NC2=C(C(=O)C[C@H](c3ccc(F)cc3)C2)[C@@H]1c1cc(OC)c(OC)c(OC)c1. The zero-order valence-corrected chi connectivity index (χ0v) is 20.4. The van der Waals surface area contributed by atoms with E-state index in [4.69, 9.17) is 18.9 Å². The van der Waals surface area contributed by atoms with Crippen LogP contribution in [0.3, 0.4) is 0 Å². The van der Waals surface area contributed by atoms with Crippen molar-refractivity contribution in [2.75, 3.05) is 28.4 Å². The minimum Gasteiger partial charge on any atom is -0.493 e. The van der Waals surface area contributed by atoms with E-state index in [0.29, 0.717) is 46.1 Å². The maximum Gasteiger partial charge on any atom is 0.336 e. The summed E-state index contributed by atoms with van der Waals surface area (Å²) in [5.41, 5.74) is 3.71. The van der Waals surface area contributed by atoms with Crippen LogP contribution < -0.4 is 19.5 Å². The number of carbonyl (C=O) groups excluding carboxylic acids is 2. The Hall–Kier alpha value is -3.81. The molecule has 0 radical (unpaired) electrons. The summed E-state index contributed by atoms with van der Waals surface area (Å²) < 4.78 is 35.0. The highest BCUT2D eigenvalue weighted by atomic mass is 19.1. The molecule has 1 N–H and O–H groups in total. The lowest BCUT2D eigenvalue weighted by Crippen LogP contribution is -2.36. The number of ether oxygens (including phenoxy) is 4. The highest BCUT2D eigenvalue weighted by Gasteiger charge is 2.42. The third-order valence-corrected chi connectivity index (χ3v) is 6.59. The van der Waals surface area contributed by atoms with Crippen molar-refractivity contribution in [1.82, 2.24) is 5.32 Å². The molecular weight excluding hydrogens is 453 g/mol. The van der Waals surface area contributed by atoms with E-state index in [1.165, 1.54) is 40.6 Å². The topological polar surface area (TPSA) is 83.1 Å². The largest absolute Gasteiger partial charge is 0.493 e. The van der Waals surface area contributed by atoms with Crippen LogP contribution >= 0.6 is 0 Å². The summed E-state index contributed by atoms with van der Waals surface area (Å²) in [5.74, 6) is -0.510. The molecule has 35 heavy (non-hydrogen) atoms. The smallest absolute Gasteiger partial charge is 0.336 e. The van der Waals surface area contributed by atoms with E-state index in [0.717, 1.165) is 11.3 Å². The average molecular weight is 482 g/mol. The van der Waals surface area contributed by atoms with Gasteiger partial charge in [-0.1, -0.05) is 12.1 Å². The summed E-state index contributed by atoms with van der Waals surface area (Å²) in [4.78, 5) is 26.5. The molecule has 0 spiro atoms. The van der Waals surface area contributed by atoms with E-state index in [1.807, 2.05) is 0 Å². The van der Waals surface area contributed by atoms with Crippen LogP contribution in [0.2, 0.25) is 0 Å². The molecule has 0 amide bonds. The third-order valence-electron chi connectivity index (χ3n) is 6.59. The van der Waals surface area contributed by atoms with Gasteiger partial charge >= 0.3 is 5.97 Å². The molecule has 0 saturated carbocycles. The molecule has 2 aromatic rings. The number of methoxy groups -OCH3 is 4. The first kappa shape index (κ1) is 24.3. The van der Waals surface area contributed by atoms with Crippen molar-refractivity contribution in [3.8, 4) is 17.2 Å². The Morgan fingerprint density at radius 2 is 1.57 bits per heavy atom. The number of rotatable bonds is 6. The molecule has 4 rings (SSSR count). The van der Waals surface area contributed by atoms with Crippen molar-refractivity contribution in [2.45, 2.75) is 31.6 Å². The first-order chi connectivity index (χ1) is 16.8. The fourth-order valence-corrected chi connectivity index (χ4v) is 4.99. The number of benzene rings is 2. The van der Waals surface area contributed by atoms with Gasteiger partial charge in [-0.15, -0.1) is 0 Å². The summed E-state index contributed by atoms with van der Waals surface area (Å²) in [6.45, 7) is 1.78. The number of nitrogens with one attached hydrogen (secondary N) is 1. The molecule has 1 aliphatic carbocycles. The lowest BCUT2D eigenvalue weighted by Gasteiger charge is -2.36. The second kappa shape index (κ2) is 9.82. The number of Topliss-reactive ketones (excluding diaryl/α,β-unsaturated/α-hetero) is 1. The normalized spacial score (nSPS) is 19.7. The van der Waals surface area contributed by atoms with Gasteiger partial charge in [0.15, 0.2) is 17.3 Å². The van der Waals surface area contributed by atoms with Crippen molar-refractivity contribution in [2.24, 2.45) is 0 Å². The van der Waals surface area contributed by atoms with E-state index in [1.54, 1.807) is 31.2 Å². The van der Waals surface area contributed by atoms with E-state index in [9.17, 15) is 14.0 Å². The van der Waals surface area contributed by atoms with Gasteiger partial charge in [0, 0.05) is 29.3 Å². The summed E-state index contributed by atoms with van der Waals surface area (Å²) in [6.07, 6.45) is 0.778. The predicted molar refractivity (Wildman–Crippen MR) is 127 cm³/mol. The number of dihydropyridines is 1. The van der Waals surface area contributed by atoms with E-state index in [2.05, 4.69) is 5.32 Å². The Morgan fingerprint density at radius 3 is 2.11 bits per heavy atom. The van der Waals surface area contributed by atoms with Gasteiger partial charge in [0.05, 0.1) is 34.0 Å². The van der Waals surface area contributed by atoms with Crippen LogP contribution in [0.25, 0.3) is 0 Å². The molecule has 184 valence electrons. The van der Waals surface area contributed by atoms with Crippen LogP contribution in [0.15, 0.2) is 58.9 Å². The van der Waals surface area contributed by atoms with Gasteiger partial charge in [0.25, 0.3) is 0 Å². The molecule has 0 bridgehead atoms. The standard InChI is InChI=1S/C27H28FNO6/c1-14-23(27(31)35-5)24(17-12-21(32-2)26(34-4)22(13-17)33-3)25-19(29-14)10-16(11-20(25)30)15-6-8-18(28)9-7-15/h6-9,12-13,16,24,29H,10-11H2,1-5H3/t16-,24-/m1/s1. The zero-order chi connectivity index (χ0) is 25.3. The highest BCUT2D eigenvalue weighted by molar-refractivity contribution is 6.04. The molecule has 0 aromatic heterocycles. The summed E-state index contributed by atoms with van der Waals surface area (Å²) in [7, 11) is 5.84. The zero-order valence-electron chi connectivity index (χ0n) is 20.4. The third kappa shape index (κ3) is 4.36. The molecule has 7 nitrogen and oxygen atoms in total. The molecule has 2 atom stereocenters. The second-order valence-corrected chi connectivity index (χ2v) is 8.52. The van der Waals surface area contributed by atoms with Gasteiger partial charge in [0.2, 0.25) is 5.75 Å². The average Bonchev–Trinajstić information content (AvgIpc) is 2.86. The first-order valence-corrected chi connectivity index (χ1v) is 11.2. The molecular formula is C27H28FNO6. The minimum atomic E-state index is -0.686. The number of hydrogen-bond acceptors (Lipinski definition) is 7. The van der Waals surface area contributed by atoms with Crippen molar-refractivity contribution in [3.05, 3.63) is 75.9 Å². The van der Waals surface area contributed by atoms with Gasteiger partial charge in [-0.25, -0.2) is 9.18 Å². The fourth-order valence-electron chi connectivity index (χ4n) is 4.99. The molecule has 0 saturated heterocycles. The highest BCUT2D eigenvalue weighted by Crippen LogP contribution is 2.49. The van der Waals surface area contributed by atoms with E-state index in [-0.39, 0.29) is 23.9 Å². The van der Waals surface area contributed by atoms with Gasteiger partial charge in [-0.3, -0.25) is 4.79 Å². The Morgan fingerprint density at radius 1 is 0.943 bits per heavy atom. The number of hydrogen-bond donors (Lipinski definition) is 1.